The molecule has 1 aliphatic rings. The van der Waals surface area contributed by atoms with E-state index in [9.17, 15) is 13.9 Å². The molecule has 1 fully saturated rings. The summed E-state index contributed by atoms with van der Waals surface area (Å²) in [5.41, 5.74) is 2.71. The number of hydrogen-bond acceptors (Lipinski definition) is 7. The standard InChI is InChI=1S/C22H22ClF2N7O2/c1-12-21(29-30-32(12)18-4-5-26-9-16(18)25)13-6-19(22-15(23)8-28-31(22)10-13)34-20(11-33)17-3-2-14(24)7-27-17/h2-3,6-8,10,16,18,20,26,33H,4-5,9,11H2,1H3/t16-,18-,20?/m0/s1. The number of aromatic nitrogens is 6. The van der Waals surface area contributed by atoms with Crippen LogP contribution in [-0.4, -0.2) is 60.6 Å². The van der Waals surface area contributed by atoms with Gasteiger partial charge in [-0.05, 0) is 38.1 Å². The number of ether oxygens (including phenoxy) is 1. The Morgan fingerprint density at radius 1 is 1.35 bits per heavy atom. The highest BCUT2D eigenvalue weighted by Gasteiger charge is 2.29. The molecular weight excluding hydrogens is 468 g/mol. The van der Waals surface area contributed by atoms with Gasteiger partial charge in [-0.3, -0.25) is 4.98 Å². The van der Waals surface area contributed by atoms with Gasteiger partial charge in [0.15, 0.2) is 6.10 Å². The van der Waals surface area contributed by atoms with Crippen LogP contribution in [0.25, 0.3) is 16.8 Å². The number of hydrogen-bond donors (Lipinski definition) is 2. The molecule has 1 aliphatic heterocycles. The first kappa shape index (κ1) is 22.6. The quantitative estimate of drug-likeness (QED) is 0.429. The van der Waals surface area contributed by atoms with E-state index in [2.05, 4.69) is 25.7 Å². The predicted molar refractivity (Wildman–Crippen MR) is 120 cm³/mol. The monoisotopic (exact) mass is 489 g/mol. The summed E-state index contributed by atoms with van der Waals surface area (Å²) in [6.07, 6.45) is 2.93. The highest BCUT2D eigenvalue weighted by molar-refractivity contribution is 6.34. The van der Waals surface area contributed by atoms with E-state index in [0.29, 0.717) is 51.9 Å². The lowest BCUT2D eigenvalue weighted by Crippen LogP contribution is -2.39. The van der Waals surface area contributed by atoms with Crippen molar-refractivity contribution in [3.05, 3.63) is 59.0 Å². The van der Waals surface area contributed by atoms with Crippen molar-refractivity contribution in [3.8, 4) is 17.0 Å². The topological polar surface area (TPSA) is 102 Å². The Hall–Kier alpha value is -3.15. The average Bonchev–Trinajstić information content (AvgIpc) is 3.41. The summed E-state index contributed by atoms with van der Waals surface area (Å²) in [6.45, 7) is 2.41. The fourth-order valence-corrected chi connectivity index (χ4v) is 4.42. The number of piperidine rings is 1. The molecule has 0 saturated carbocycles. The second-order valence-electron chi connectivity index (χ2n) is 8.11. The number of pyridine rings is 2. The second kappa shape index (κ2) is 9.24. The van der Waals surface area contributed by atoms with Crippen LogP contribution in [0.1, 0.15) is 30.0 Å². The van der Waals surface area contributed by atoms with Crippen molar-refractivity contribution >= 4 is 17.1 Å². The van der Waals surface area contributed by atoms with Gasteiger partial charge < -0.3 is 15.2 Å². The van der Waals surface area contributed by atoms with E-state index in [1.807, 2.05) is 6.92 Å². The minimum Gasteiger partial charge on any atom is -0.479 e. The van der Waals surface area contributed by atoms with E-state index < -0.39 is 30.7 Å². The van der Waals surface area contributed by atoms with Gasteiger partial charge in [-0.1, -0.05) is 16.8 Å². The van der Waals surface area contributed by atoms with E-state index in [0.717, 1.165) is 6.20 Å². The molecule has 4 aromatic rings. The molecule has 2 N–H and O–H groups in total. The van der Waals surface area contributed by atoms with Gasteiger partial charge in [-0.15, -0.1) is 5.10 Å². The van der Waals surface area contributed by atoms with Crippen LogP contribution in [0.4, 0.5) is 8.78 Å². The van der Waals surface area contributed by atoms with Crippen LogP contribution in [0.3, 0.4) is 0 Å². The zero-order chi connectivity index (χ0) is 23.8. The normalized spacial score (nSPS) is 19.4. The zero-order valence-corrected chi connectivity index (χ0v) is 19.0. The SMILES string of the molecule is Cc1c(-c2cc(OC(CO)c3ccc(F)cn3)c3c(Cl)cnn3c2)nnn1[C@H]1CCNC[C@@H]1F. The van der Waals surface area contributed by atoms with E-state index in [4.69, 9.17) is 16.3 Å². The lowest BCUT2D eigenvalue weighted by molar-refractivity contribution is 0.114. The molecule has 178 valence electrons. The smallest absolute Gasteiger partial charge is 0.163 e. The molecule has 12 heteroatoms. The minimum atomic E-state index is -1.07. The molecule has 5 heterocycles. The average molecular weight is 490 g/mol. The van der Waals surface area contributed by atoms with Gasteiger partial charge in [-0.25, -0.2) is 18.0 Å². The van der Waals surface area contributed by atoms with E-state index >= 15 is 0 Å². The summed E-state index contributed by atoms with van der Waals surface area (Å²) in [5, 5.41) is 26.1. The molecule has 0 bridgehead atoms. The summed E-state index contributed by atoms with van der Waals surface area (Å²) < 4.78 is 37.1. The summed E-state index contributed by atoms with van der Waals surface area (Å²) in [5.74, 6) is -0.171. The molecule has 0 aromatic carbocycles. The molecule has 4 aromatic heterocycles. The zero-order valence-electron chi connectivity index (χ0n) is 18.2. The molecular formula is C22H22ClF2N7O2. The maximum Gasteiger partial charge on any atom is 0.163 e. The third-order valence-corrected chi connectivity index (χ3v) is 6.21. The number of halogens is 3. The van der Waals surface area contributed by atoms with Crippen molar-refractivity contribution in [2.24, 2.45) is 0 Å². The third kappa shape index (κ3) is 4.10. The third-order valence-electron chi connectivity index (χ3n) is 5.94. The highest BCUT2D eigenvalue weighted by Crippen LogP contribution is 2.35. The molecule has 1 unspecified atom stereocenters. The van der Waals surface area contributed by atoms with Gasteiger partial charge in [0.2, 0.25) is 0 Å². The van der Waals surface area contributed by atoms with E-state index in [-0.39, 0.29) is 6.54 Å². The minimum absolute atomic E-state index is 0.273. The van der Waals surface area contributed by atoms with Crippen molar-refractivity contribution < 1.29 is 18.6 Å². The first-order valence-corrected chi connectivity index (χ1v) is 11.2. The molecule has 9 nitrogen and oxygen atoms in total. The molecule has 0 radical (unpaired) electrons. The van der Waals surface area contributed by atoms with Crippen LogP contribution in [0.15, 0.2) is 36.8 Å². The maximum atomic E-state index is 14.5. The van der Waals surface area contributed by atoms with E-state index in [1.165, 1.54) is 18.3 Å². The molecule has 5 rings (SSSR count). The van der Waals surface area contributed by atoms with Crippen LogP contribution >= 0.6 is 11.6 Å². The largest absolute Gasteiger partial charge is 0.479 e. The lowest BCUT2D eigenvalue weighted by atomic mass is 10.0. The van der Waals surface area contributed by atoms with Crippen LogP contribution in [-0.2, 0) is 0 Å². The van der Waals surface area contributed by atoms with Crippen molar-refractivity contribution in [3.63, 3.8) is 0 Å². The highest BCUT2D eigenvalue weighted by atomic mass is 35.5. The number of nitrogens with zero attached hydrogens (tertiary/aromatic N) is 6. The number of rotatable bonds is 6. The van der Waals surface area contributed by atoms with Gasteiger partial charge >= 0.3 is 0 Å². The van der Waals surface area contributed by atoms with Crippen molar-refractivity contribution in [2.75, 3.05) is 19.7 Å². The fourth-order valence-electron chi connectivity index (χ4n) is 4.19. The van der Waals surface area contributed by atoms with Crippen LogP contribution in [0.2, 0.25) is 5.02 Å². The number of alkyl halides is 1. The van der Waals surface area contributed by atoms with Gasteiger partial charge in [-0.2, -0.15) is 5.10 Å². The van der Waals surface area contributed by atoms with E-state index in [1.54, 1.807) is 21.5 Å². The first-order valence-electron chi connectivity index (χ1n) is 10.8. The summed E-state index contributed by atoms with van der Waals surface area (Å²) in [6, 6.07) is 4.00. The van der Waals surface area contributed by atoms with Crippen molar-refractivity contribution in [1.82, 2.24) is 34.9 Å². The summed E-state index contributed by atoms with van der Waals surface area (Å²) >= 11 is 6.35. The second-order valence-corrected chi connectivity index (χ2v) is 8.52. The molecule has 0 aliphatic carbocycles. The van der Waals surface area contributed by atoms with Crippen molar-refractivity contribution in [2.45, 2.75) is 31.7 Å². The summed E-state index contributed by atoms with van der Waals surface area (Å²) in [7, 11) is 0. The number of aliphatic hydroxyl groups excluding tert-OH is 1. The molecule has 34 heavy (non-hydrogen) atoms. The molecule has 3 atom stereocenters. The number of nitrogens with one attached hydrogen (secondary N) is 1. The Kier molecular flexibility index (Phi) is 6.15. The Labute approximate surface area is 198 Å². The maximum absolute atomic E-state index is 14.5. The Bertz CT molecular complexity index is 1310. The Balaban J connectivity index is 1.55. The summed E-state index contributed by atoms with van der Waals surface area (Å²) in [4.78, 5) is 4.01. The van der Waals surface area contributed by atoms with Crippen LogP contribution in [0.5, 0.6) is 5.75 Å². The Morgan fingerprint density at radius 2 is 2.21 bits per heavy atom. The molecule has 1 saturated heterocycles. The van der Waals surface area contributed by atoms with Gasteiger partial charge in [0, 0.05) is 18.3 Å². The Morgan fingerprint density at radius 3 is 2.94 bits per heavy atom. The number of aliphatic hydroxyl groups is 1. The van der Waals surface area contributed by atoms with Crippen molar-refractivity contribution in [1.29, 1.82) is 0 Å². The molecule has 0 spiro atoms. The van der Waals surface area contributed by atoms with Crippen LogP contribution < -0.4 is 10.1 Å². The van der Waals surface area contributed by atoms with Gasteiger partial charge in [0.05, 0.1) is 41.5 Å². The first-order chi connectivity index (χ1) is 16.5. The lowest BCUT2D eigenvalue weighted by Gasteiger charge is -2.27. The predicted octanol–water partition coefficient (Wildman–Crippen LogP) is 3.07. The van der Waals surface area contributed by atoms with Crippen LogP contribution in [0, 0.1) is 12.7 Å². The van der Waals surface area contributed by atoms with Gasteiger partial charge in [0.1, 0.15) is 28.9 Å². The number of fused-ring (bicyclic) bond motifs is 1. The molecule has 0 amide bonds. The van der Waals surface area contributed by atoms with Gasteiger partial charge in [0.25, 0.3) is 0 Å². The fraction of sp³-hybridized carbons (Fsp3) is 0.364.